The van der Waals surface area contributed by atoms with Crippen LogP contribution in [0.4, 0.5) is 0 Å². The standard InChI is InChI=1S/C12H21N3O3/c1-13-7-10-8-14(5-6-18-10)9-12(17)15-4-2-3-11(15)16/h10,13H,2-9H2,1H3. The van der Waals surface area contributed by atoms with Crippen molar-refractivity contribution in [1.29, 1.82) is 0 Å². The highest BCUT2D eigenvalue weighted by molar-refractivity contribution is 5.97. The number of ether oxygens (including phenoxy) is 1. The fourth-order valence-electron chi connectivity index (χ4n) is 2.46. The molecular formula is C12H21N3O3. The lowest BCUT2D eigenvalue weighted by molar-refractivity contribution is -0.143. The molecule has 6 nitrogen and oxygen atoms in total. The summed E-state index contributed by atoms with van der Waals surface area (Å²) in [6.45, 7) is 3.85. The summed E-state index contributed by atoms with van der Waals surface area (Å²) < 4.78 is 5.58. The van der Waals surface area contributed by atoms with Gasteiger partial charge in [-0.2, -0.15) is 0 Å². The van der Waals surface area contributed by atoms with Crippen molar-refractivity contribution in [3.63, 3.8) is 0 Å². The summed E-state index contributed by atoms with van der Waals surface area (Å²) in [5, 5.41) is 3.07. The summed E-state index contributed by atoms with van der Waals surface area (Å²) in [4.78, 5) is 26.9. The monoisotopic (exact) mass is 255 g/mol. The van der Waals surface area contributed by atoms with E-state index in [-0.39, 0.29) is 17.9 Å². The second-order valence-corrected chi connectivity index (χ2v) is 4.83. The smallest absolute Gasteiger partial charge is 0.243 e. The molecule has 2 aliphatic rings. The van der Waals surface area contributed by atoms with E-state index in [1.54, 1.807) is 0 Å². The van der Waals surface area contributed by atoms with Crippen LogP contribution in [0.5, 0.6) is 0 Å². The Bertz CT molecular complexity index is 320. The second kappa shape index (κ2) is 6.26. The Kier molecular flexibility index (Phi) is 4.68. The number of nitrogens with zero attached hydrogens (tertiary/aromatic N) is 2. The number of hydrogen-bond donors (Lipinski definition) is 1. The van der Waals surface area contributed by atoms with E-state index in [4.69, 9.17) is 4.74 Å². The van der Waals surface area contributed by atoms with Gasteiger partial charge in [-0.3, -0.25) is 19.4 Å². The molecule has 102 valence electrons. The van der Waals surface area contributed by atoms with Crippen LogP contribution in [0.15, 0.2) is 0 Å². The zero-order chi connectivity index (χ0) is 13.0. The van der Waals surface area contributed by atoms with E-state index in [0.717, 1.165) is 26.1 Å². The van der Waals surface area contributed by atoms with Gasteiger partial charge in [0.25, 0.3) is 0 Å². The minimum atomic E-state index is -0.0670. The first-order valence-corrected chi connectivity index (χ1v) is 6.52. The second-order valence-electron chi connectivity index (χ2n) is 4.83. The lowest BCUT2D eigenvalue weighted by Crippen LogP contribution is -2.50. The van der Waals surface area contributed by atoms with Crippen molar-refractivity contribution in [3.05, 3.63) is 0 Å². The van der Waals surface area contributed by atoms with Gasteiger partial charge in [-0.15, -0.1) is 0 Å². The number of likely N-dealkylation sites (tertiary alicyclic amines) is 1. The third kappa shape index (κ3) is 3.28. The maximum atomic E-state index is 12.0. The number of amides is 2. The summed E-state index contributed by atoms with van der Waals surface area (Å²) in [6.07, 6.45) is 1.44. The van der Waals surface area contributed by atoms with E-state index in [2.05, 4.69) is 10.2 Å². The molecular weight excluding hydrogens is 234 g/mol. The molecule has 6 heteroatoms. The molecule has 2 aliphatic heterocycles. The summed E-state index contributed by atoms with van der Waals surface area (Å²) in [7, 11) is 1.89. The Hall–Kier alpha value is -0.980. The Labute approximate surface area is 107 Å². The van der Waals surface area contributed by atoms with E-state index in [1.165, 1.54) is 4.90 Å². The predicted octanol–water partition coefficient (Wildman–Crippen LogP) is -0.944. The molecule has 0 aliphatic carbocycles. The molecule has 1 atom stereocenters. The summed E-state index contributed by atoms with van der Waals surface area (Å²) in [5.74, 6) is -0.0948. The van der Waals surface area contributed by atoms with Gasteiger partial charge in [-0.05, 0) is 13.5 Å². The summed E-state index contributed by atoms with van der Waals surface area (Å²) in [5.41, 5.74) is 0. The first kappa shape index (κ1) is 13.5. The minimum absolute atomic E-state index is 0.0277. The van der Waals surface area contributed by atoms with Crippen molar-refractivity contribution in [2.24, 2.45) is 0 Å². The third-order valence-corrected chi connectivity index (χ3v) is 3.39. The molecule has 0 aromatic rings. The highest BCUT2D eigenvalue weighted by atomic mass is 16.5. The maximum Gasteiger partial charge on any atom is 0.243 e. The Morgan fingerprint density at radius 3 is 3.00 bits per heavy atom. The normalized spacial score (nSPS) is 25.7. The van der Waals surface area contributed by atoms with E-state index in [0.29, 0.717) is 26.1 Å². The van der Waals surface area contributed by atoms with Crippen LogP contribution in [-0.2, 0) is 14.3 Å². The van der Waals surface area contributed by atoms with Crippen molar-refractivity contribution >= 4 is 11.8 Å². The van der Waals surface area contributed by atoms with Crippen molar-refractivity contribution in [3.8, 4) is 0 Å². The number of carbonyl (C=O) groups excluding carboxylic acids is 2. The number of nitrogens with one attached hydrogen (secondary N) is 1. The molecule has 1 unspecified atom stereocenters. The van der Waals surface area contributed by atoms with E-state index in [1.807, 2.05) is 7.05 Å². The van der Waals surface area contributed by atoms with Gasteiger partial charge >= 0.3 is 0 Å². The van der Waals surface area contributed by atoms with Crippen molar-refractivity contribution in [2.75, 3.05) is 46.4 Å². The number of rotatable bonds is 4. The van der Waals surface area contributed by atoms with Crippen LogP contribution in [0.1, 0.15) is 12.8 Å². The van der Waals surface area contributed by atoms with E-state index in [9.17, 15) is 9.59 Å². The highest BCUT2D eigenvalue weighted by Gasteiger charge is 2.29. The molecule has 1 N–H and O–H groups in total. The maximum absolute atomic E-state index is 12.0. The summed E-state index contributed by atoms with van der Waals surface area (Å²) in [6, 6.07) is 0. The lowest BCUT2D eigenvalue weighted by atomic mass is 10.2. The Morgan fingerprint density at radius 2 is 2.33 bits per heavy atom. The number of imide groups is 1. The zero-order valence-corrected chi connectivity index (χ0v) is 10.9. The first-order chi connectivity index (χ1) is 8.70. The summed E-state index contributed by atoms with van der Waals surface area (Å²) >= 11 is 0. The van der Waals surface area contributed by atoms with Crippen LogP contribution in [0.3, 0.4) is 0 Å². The van der Waals surface area contributed by atoms with E-state index < -0.39 is 0 Å². The minimum Gasteiger partial charge on any atom is -0.374 e. The number of carbonyl (C=O) groups is 2. The van der Waals surface area contributed by atoms with Crippen LogP contribution < -0.4 is 5.32 Å². The molecule has 0 saturated carbocycles. The molecule has 0 aromatic carbocycles. The SMILES string of the molecule is CNCC1CN(CC(=O)N2CCCC2=O)CCO1. The number of morpholine rings is 1. The van der Waals surface area contributed by atoms with Gasteiger partial charge in [-0.1, -0.05) is 0 Å². The van der Waals surface area contributed by atoms with Gasteiger partial charge < -0.3 is 10.1 Å². The molecule has 18 heavy (non-hydrogen) atoms. The average molecular weight is 255 g/mol. The largest absolute Gasteiger partial charge is 0.374 e. The molecule has 2 heterocycles. The molecule has 0 radical (unpaired) electrons. The van der Waals surface area contributed by atoms with Crippen LogP contribution >= 0.6 is 0 Å². The van der Waals surface area contributed by atoms with Gasteiger partial charge in [0.05, 0.1) is 19.3 Å². The van der Waals surface area contributed by atoms with Gasteiger partial charge in [0, 0.05) is 32.6 Å². The van der Waals surface area contributed by atoms with Crippen LogP contribution in [0.2, 0.25) is 0 Å². The highest BCUT2D eigenvalue weighted by Crippen LogP contribution is 2.11. The molecule has 2 fully saturated rings. The quantitative estimate of drug-likeness (QED) is 0.702. The third-order valence-electron chi connectivity index (χ3n) is 3.39. The van der Waals surface area contributed by atoms with Crippen molar-refractivity contribution in [2.45, 2.75) is 18.9 Å². The van der Waals surface area contributed by atoms with Gasteiger partial charge in [0.15, 0.2) is 0 Å². The van der Waals surface area contributed by atoms with Crippen molar-refractivity contribution in [1.82, 2.24) is 15.1 Å². The Balaban J connectivity index is 1.81. The van der Waals surface area contributed by atoms with Crippen LogP contribution in [0.25, 0.3) is 0 Å². The van der Waals surface area contributed by atoms with Crippen LogP contribution in [0, 0.1) is 0 Å². The number of hydrogen-bond acceptors (Lipinski definition) is 5. The predicted molar refractivity (Wildman–Crippen MR) is 66.1 cm³/mol. The lowest BCUT2D eigenvalue weighted by Gasteiger charge is -2.33. The van der Waals surface area contributed by atoms with Gasteiger partial charge in [-0.25, -0.2) is 0 Å². The molecule has 0 bridgehead atoms. The molecule has 2 saturated heterocycles. The van der Waals surface area contributed by atoms with Gasteiger partial charge in [0.2, 0.25) is 11.8 Å². The molecule has 2 amide bonds. The van der Waals surface area contributed by atoms with E-state index >= 15 is 0 Å². The van der Waals surface area contributed by atoms with Crippen molar-refractivity contribution < 1.29 is 14.3 Å². The molecule has 2 rings (SSSR count). The Morgan fingerprint density at radius 1 is 1.50 bits per heavy atom. The van der Waals surface area contributed by atoms with Crippen LogP contribution in [-0.4, -0.2) is 74.1 Å². The zero-order valence-electron chi connectivity index (χ0n) is 10.9. The molecule has 0 spiro atoms. The average Bonchev–Trinajstić information content (AvgIpc) is 2.76. The fraction of sp³-hybridized carbons (Fsp3) is 0.833. The fourth-order valence-corrected chi connectivity index (χ4v) is 2.46. The topological polar surface area (TPSA) is 61.9 Å². The first-order valence-electron chi connectivity index (χ1n) is 6.52. The molecule has 0 aromatic heterocycles. The number of likely N-dealkylation sites (N-methyl/N-ethyl adjacent to an activating group) is 1. The van der Waals surface area contributed by atoms with Gasteiger partial charge in [0.1, 0.15) is 0 Å².